The van der Waals surface area contributed by atoms with Crippen LogP contribution >= 0.6 is 0 Å². The molecule has 0 aromatic carbocycles. The number of alkyl halides is 2. The zero-order valence-electron chi connectivity index (χ0n) is 7.78. The lowest BCUT2D eigenvalue weighted by atomic mass is 10.2. The van der Waals surface area contributed by atoms with Crippen LogP contribution in [0, 0.1) is 0 Å². The van der Waals surface area contributed by atoms with Crippen LogP contribution < -0.4 is 10.5 Å². The number of rotatable bonds is 4. The van der Waals surface area contributed by atoms with Gasteiger partial charge in [0.05, 0.1) is 0 Å². The standard InChI is InChI=1S/C9H12F2N2O/c1-6(12)7-2-3-9(13-4-7)14-5-8(10)11/h2-4,6,8H,5,12H2,1H3/t6-/m0/s1. The van der Waals surface area contributed by atoms with Gasteiger partial charge in [-0.15, -0.1) is 0 Å². The van der Waals surface area contributed by atoms with Crippen molar-refractivity contribution in [1.82, 2.24) is 4.98 Å². The molecular formula is C9H12F2N2O. The van der Waals surface area contributed by atoms with Gasteiger partial charge in [-0.2, -0.15) is 0 Å². The highest BCUT2D eigenvalue weighted by molar-refractivity contribution is 5.19. The summed E-state index contributed by atoms with van der Waals surface area (Å²) < 4.78 is 28.2. The number of aromatic nitrogens is 1. The van der Waals surface area contributed by atoms with Gasteiger partial charge in [0.15, 0.2) is 6.61 Å². The SMILES string of the molecule is C[C@H](N)c1ccc(OCC(F)F)nc1. The Hall–Kier alpha value is -1.23. The second-order valence-corrected chi connectivity index (χ2v) is 2.92. The lowest BCUT2D eigenvalue weighted by molar-refractivity contribution is 0.0796. The van der Waals surface area contributed by atoms with Gasteiger partial charge in [0, 0.05) is 18.3 Å². The van der Waals surface area contributed by atoms with E-state index in [0.717, 1.165) is 5.56 Å². The Morgan fingerprint density at radius 1 is 1.50 bits per heavy atom. The second kappa shape index (κ2) is 4.85. The first-order valence-corrected chi connectivity index (χ1v) is 4.22. The molecule has 0 amide bonds. The molecule has 1 aromatic rings. The third-order valence-electron chi connectivity index (χ3n) is 1.64. The van der Waals surface area contributed by atoms with E-state index in [-0.39, 0.29) is 11.9 Å². The maximum atomic E-state index is 11.8. The fourth-order valence-electron chi connectivity index (χ4n) is 0.895. The van der Waals surface area contributed by atoms with E-state index >= 15 is 0 Å². The maximum absolute atomic E-state index is 11.8. The smallest absolute Gasteiger partial charge is 0.272 e. The van der Waals surface area contributed by atoms with Crippen LogP contribution in [-0.2, 0) is 0 Å². The molecule has 1 heterocycles. The molecule has 1 aromatic heterocycles. The average molecular weight is 202 g/mol. The van der Waals surface area contributed by atoms with Gasteiger partial charge in [-0.25, -0.2) is 13.8 Å². The van der Waals surface area contributed by atoms with Crippen molar-refractivity contribution in [2.75, 3.05) is 6.61 Å². The fourth-order valence-corrected chi connectivity index (χ4v) is 0.895. The Kier molecular flexibility index (Phi) is 3.76. The number of pyridine rings is 1. The summed E-state index contributed by atoms with van der Waals surface area (Å²) in [4.78, 5) is 3.84. The first-order valence-electron chi connectivity index (χ1n) is 4.22. The molecule has 78 valence electrons. The summed E-state index contributed by atoms with van der Waals surface area (Å²) in [6.45, 7) is 1.18. The van der Waals surface area contributed by atoms with Crippen molar-refractivity contribution in [2.24, 2.45) is 5.73 Å². The highest BCUT2D eigenvalue weighted by atomic mass is 19.3. The van der Waals surface area contributed by atoms with Crippen LogP contribution in [0.5, 0.6) is 5.88 Å². The van der Waals surface area contributed by atoms with Gasteiger partial charge in [-0.05, 0) is 12.5 Å². The Morgan fingerprint density at radius 3 is 2.64 bits per heavy atom. The summed E-state index contributed by atoms with van der Waals surface area (Å²) >= 11 is 0. The van der Waals surface area contributed by atoms with E-state index in [0.29, 0.717) is 0 Å². The molecule has 3 nitrogen and oxygen atoms in total. The van der Waals surface area contributed by atoms with Crippen molar-refractivity contribution < 1.29 is 13.5 Å². The van der Waals surface area contributed by atoms with Crippen molar-refractivity contribution >= 4 is 0 Å². The first kappa shape index (κ1) is 10.8. The number of ether oxygens (including phenoxy) is 1. The Balaban J connectivity index is 2.55. The van der Waals surface area contributed by atoms with E-state index in [2.05, 4.69) is 4.98 Å². The van der Waals surface area contributed by atoms with Crippen LogP contribution in [0.3, 0.4) is 0 Å². The molecule has 0 bridgehead atoms. The van der Waals surface area contributed by atoms with Crippen molar-refractivity contribution in [3.8, 4) is 5.88 Å². The van der Waals surface area contributed by atoms with Crippen LogP contribution in [0.2, 0.25) is 0 Å². The second-order valence-electron chi connectivity index (χ2n) is 2.92. The van der Waals surface area contributed by atoms with Gasteiger partial charge in [-0.1, -0.05) is 6.07 Å². The summed E-state index contributed by atoms with van der Waals surface area (Å²) in [6, 6.07) is 3.12. The molecule has 0 fully saturated rings. The Labute approximate surface area is 80.9 Å². The molecule has 0 spiro atoms. The van der Waals surface area contributed by atoms with Gasteiger partial charge < -0.3 is 10.5 Å². The largest absolute Gasteiger partial charge is 0.472 e. The summed E-state index contributed by atoms with van der Waals surface area (Å²) in [5, 5.41) is 0. The monoisotopic (exact) mass is 202 g/mol. The maximum Gasteiger partial charge on any atom is 0.272 e. The predicted molar refractivity (Wildman–Crippen MR) is 48.3 cm³/mol. The quantitative estimate of drug-likeness (QED) is 0.809. The predicted octanol–water partition coefficient (Wildman–Crippen LogP) is 1.75. The Morgan fingerprint density at radius 2 is 2.21 bits per heavy atom. The highest BCUT2D eigenvalue weighted by Crippen LogP contribution is 2.12. The summed E-state index contributed by atoms with van der Waals surface area (Å²) in [5.74, 6) is 0.190. The van der Waals surface area contributed by atoms with Crippen molar-refractivity contribution in [2.45, 2.75) is 19.4 Å². The minimum Gasteiger partial charge on any atom is -0.472 e. The molecule has 0 saturated carbocycles. The number of hydrogen-bond acceptors (Lipinski definition) is 3. The molecule has 0 aliphatic rings. The molecule has 0 radical (unpaired) electrons. The van der Waals surface area contributed by atoms with Crippen molar-refractivity contribution in [1.29, 1.82) is 0 Å². The van der Waals surface area contributed by atoms with E-state index in [4.69, 9.17) is 10.5 Å². The number of hydrogen-bond donors (Lipinski definition) is 1. The summed E-state index contributed by atoms with van der Waals surface area (Å²) in [7, 11) is 0. The molecule has 0 unspecified atom stereocenters. The molecular weight excluding hydrogens is 190 g/mol. The molecule has 1 atom stereocenters. The van der Waals surface area contributed by atoms with Gasteiger partial charge in [0.2, 0.25) is 5.88 Å². The minimum absolute atomic E-state index is 0.119. The highest BCUT2D eigenvalue weighted by Gasteiger charge is 2.05. The zero-order valence-corrected chi connectivity index (χ0v) is 7.78. The number of nitrogens with zero attached hydrogens (tertiary/aromatic N) is 1. The molecule has 14 heavy (non-hydrogen) atoms. The zero-order chi connectivity index (χ0) is 10.6. The average Bonchev–Trinajstić information content (AvgIpc) is 2.15. The third-order valence-corrected chi connectivity index (χ3v) is 1.64. The molecule has 0 saturated heterocycles. The van der Waals surface area contributed by atoms with Gasteiger partial charge in [0.1, 0.15) is 0 Å². The van der Waals surface area contributed by atoms with Gasteiger partial charge >= 0.3 is 0 Å². The fraction of sp³-hybridized carbons (Fsp3) is 0.444. The van der Waals surface area contributed by atoms with Crippen molar-refractivity contribution in [3.05, 3.63) is 23.9 Å². The van der Waals surface area contributed by atoms with Crippen LogP contribution in [0.1, 0.15) is 18.5 Å². The lowest BCUT2D eigenvalue weighted by Crippen LogP contribution is -2.09. The number of nitrogens with two attached hydrogens (primary N) is 1. The van der Waals surface area contributed by atoms with Gasteiger partial charge in [0.25, 0.3) is 6.43 Å². The van der Waals surface area contributed by atoms with E-state index < -0.39 is 13.0 Å². The normalized spacial score (nSPS) is 12.9. The van der Waals surface area contributed by atoms with Crippen molar-refractivity contribution in [3.63, 3.8) is 0 Å². The molecule has 5 heteroatoms. The van der Waals surface area contributed by atoms with E-state index in [1.807, 2.05) is 6.92 Å². The topological polar surface area (TPSA) is 48.1 Å². The van der Waals surface area contributed by atoms with E-state index in [1.54, 1.807) is 6.07 Å². The molecule has 1 rings (SSSR count). The van der Waals surface area contributed by atoms with Crippen LogP contribution in [-0.4, -0.2) is 18.0 Å². The minimum atomic E-state index is -2.48. The molecule has 2 N–H and O–H groups in total. The third kappa shape index (κ3) is 3.26. The van der Waals surface area contributed by atoms with Crippen LogP contribution in [0.15, 0.2) is 18.3 Å². The van der Waals surface area contributed by atoms with Crippen LogP contribution in [0.25, 0.3) is 0 Å². The van der Waals surface area contributed by atoms with Gasteiger partial charge in [-0.3, -0.25) is 0 Å². The summed E-state index contributed by atoms with van der Waals surface area (Å²) in [5.41, 5.74) is 6.43. The molecule has 0 aliphatic heterocycles. The van der Waals surface area contributed by atoms with E-state index in [9.17, 15) is 8.78 Å². The summed E-state index contributed by atoms with van der Waals surface area (Å²) in [6.07, 6.45) is -0.962. The molecule has 0 aliphatic carbocycles. The van der Waals surface area contributed by atoms with E-state index in [1.165, 1.54) is 12.3 Å². The van der Waals surface area contributed by atoms with Crippen LogP contribution in [0.4, 0.5) is 8.78 Å². The lowest BCUT2D eigenvalue weighted by Gasteiger charge is -2.07. The number of halogens is 2. The Bertz CT molecular complexity index is 275. The first-order chi connectivity index (χ1) is 6.59.